The van der Waals surface area contributed by atoms with Crippen molar-refractivity contribution in [2.75, 3.05) is 6.61 Å². The van der Waals surface area contributed by atoms with Crippen molar-refractivity contribution in [3.63, 3.8) is 0 Å². The molecule has 1 rings (SSSR count). The molecule has 126 valence electrons. The lowest BCUT2D eigenvalue weighted by Gasteiger charge is -2.20. The lowest BCUT2D eigenvalue weighted by Crippen LogP contribution is -2.06. The first kappa shape index (κ1) is 18.7. The molecule has 0 unspecified atom stereocenters. The van der Waals surface area contributed by atoms with Crippen molar-refractivity contribution in [2.24, 2.45) is 0 Å². The number of ether oxygens (including phenoxy) is 1. The van der Waals surface area contributed by atoms with Crippen molar-refractivity contribution in [2.45, 2.75) is 79.1 Å². The van der Waals surface area contributed by atoms with Crippen molar-refractivity contribution >= 4 is 0 Å². The molecular weight excluding hydrogens is 276 g/mol. The Morgan fingerprint density at radius 2 is 1.27 bits per heavy atom. The fourth-order valence-corrected chi connectivity index (χ4v) is 3.07. The lowest BCUT2D eigenvalue weighted by atomic mass is 9.93. The van der Waals surface area contributed by atoms with Gasteiger partial charge in [-0.05, 0) is 31.2 Å². The molecule has 0 bridgehead atoms. The van der Waals surface area contributed by atoms with E-state index in [-0.39, 0.29) is 11.5 Å². The van der Waals surface area contributed by atoms with Crippen molar-refractivity contribution in [1.82, 2.24) is 0 Å². The van der Waals surface area contributed by atoms with Gasteiger partial charge in [-0.2, -0.15) is 0 Å². The van der Waals surface area contributed by atoms with Gasteiger partial charge in [-0.25, -0.2) is 0 Å². The highest BCUT2D eigenvalue weighted by molar-refractivity contribution is 5.62. The van der Waals surface area contributed by atoms with Gasteiger partial charge in [-0.3, -0.25) is 0 Å². The highest BCUT2D eigenvalue weighted by Crippen LogP contribution is 2.44. The Balaban J connectivity index is 2.91. The van der Waals surface area contributed by atoms with Crippen LogP contribution < -0.4 is 4.74 Å². The summed E-state index contributed by atoms with van der Waals surface area (Å²) in [6.45, 7) is 8.95. The third kappa shape index (κ3) is 4.31. The number of unbranched alkanes of at least 4 members (excludes halogenated alkanes) is 4. The largest absolute Gasteiger partial charge is 0.504 e. The van der Waals surface area contributed by atoms with Gasteiger partial charge in [-0.15, -0.1) is 0 Å². The standard InChI is InChI=1S/C19H32O3/c1-5-9-10-11-12-13-22-19-16(8-4)14(6-2)15(7-3)17(20)18(19)21/h20-21H,5-13H2,1-4H3. The Kier molecular flexibility index (Phi) is 8.15. The maximum atomic E-state index is 10.3. The van der Waals surface area contributed by atoms with E-state index in [9.17, 15) is 10.2 Å². The van der Waals surface area contributed by atoms with Crippen molar-refractivity contribution in [1.29, 1.82) is 0 Å². The average Bonchev–Trinajstić information content (AvgIpc) is 2.53. The molecule has 0 atom stereocenters. The molecule has 0 saturated heterocycles. The highest BCUT2D eigenvalue weighted by Gasteiger charge is 2.21. The first-order valence-electron chi connectivity index (χ1n) is 8.83. The molecule has 0 aliphatic heterocycles. The Bertz CT molecular complexity index is 466. The SMILES string of the molecule is CCCCCCCOc1c(O)c(O)c(CC)c(CC)c1CC. The molecular formula is C19H32O3. The van der Waals surface area contributed by atoms with Crippen molar-refractivity contribution in [3.05, 3.63) is 16.7 Å². The zero-order chi connectivity index (χ0) is 16.5. The fraction of sp³-hybridized carbons (Fsp3) is 0.684. The number of phenols is 2. The minimum absolute atomic E-state index is 0.00228. The number of aromatic hydroxyl groups is 2. The maximum Gasteiger partial charge on any atom is 0.201 e. The van der Waals surface area contributed by atoms with Gasteiger partial charge in [0.25, 0.3) is 0 Å². The van der Waals surface area contributed by atoms with Gasteiger partial charge in [0.05, 0.1) is 6.61 Å². The second-order valence-electron chi connectivity index (χ2n) is 5.79. The van der Waals surface area contributed by atoms with E-state index in [2.05, 4.69) is 20.8 Å². The first-order valence-corrected chi connectivity index (χ1v) is 8.83. The summed E-state index contributed by atoms with van der Waals surface area (Å²) >= 11 is 0. The first-order chi connectivity index (χ1) is 10.6. The minimum Gasteiger partial charge on any atom is -0.504 e. The fourth-order valence-electron chi connectivity index (χ4n) is 3.07. The molecule has 2 N–H and O–H groups in total. The van der Waals surface area contributed by atoms with Gasteiger partial charge < -0.3 is 14.9 Å². The quantitative estimate of drug-likeness (QED) is 0.465. The van der Waals surface area contributed by atoms with E-state index >= 15 is 0 Å². The maximum absolute atomic E-state index is 10.3. The number of hydrogen-bond acceptors (Lipinski definition) is 3. The van der Waals surface area contributed by atoms with Crippen LogP contribution in [0.3, 0.4) is 0 Å². The van der Waals surface area contributed by atoms with Crippen LogP contribution in [0.25, 0.3) is 0 Å². The summed E-state index contributed by atoms with van der Waals surface area (Å²) < 4.78 is 5.85. The highest BCUT2D eigenvalue weighted by atomic mass is 16.5. The van der Waals surface area contributed by atoms with Gasteiger partial charge in [0.15, 0.2) is 11.5 Å². The molecule has 0 spiro atoms. The molecule has 3 nitrogen and oxygen atoms in total. The predicted molar refractivity (Wildman–Crippen MR) is 92.2 cm³/mol. The summed E-state index contributed by atoms with van der Waals surface area (Å²) in [7, 11) is 0. The number of benzene rings is 1. The molecule has 0 amide bonds. The second-order valence-corrected chi connectivity index (χ2v) is 5.79. The molecule has 0 saturated carbocycles. The van der Waals surface area contributed by atoms with Crippen LogP contribution in [0.4, 0.5) is 0 Å². The molecule has 0 radical (unpaired) electrons. The van der Waals surface area contributed by atoms with Crippen LogP contribution in [0.1, 0.15) is 76.5 Å². The van der Waals surface area contributed by atoms with Crippen LogP contribution in [0.5, 0.6) is 17.2 Å². The van der Waals surface area contributed by atoms with E-state index in [1.807, 2.05) is 6.92 Å². The summed E-state index contributed by atoms with van der Waals surface area (Å²) in [4.78, 5) is 0. The zero-order valence-corrected chi connectivity index (χ0v) is 14.7. The molecule has 0 aliphatic rings. The second kappa shape index (κ2) is 9.60. The monoisotopic (exact) mass is 308 g/mol. The molecule has 1 aromatic carbocycles. The summed E-state index contributed by atoms with van der Waals surface area (Å²) in [6, 6.07) is 0. The Hall–Kier alpha value is -1.38. The topological polar surface area (TPSA) is 49.7 Å². The molecule has 0 heterocycles. The van der Waals surface area contributed by atoms with Crippen molar-refractivity contribution < 1.29 is 14.9 Å². The predicted octanol–water partition coefficient (Wildman–Crippen LogP) is 5.13. The van der Waals surface area contributed by atoms with Crippen LogP contribution in [0.15, 0.2) is 0 Å². The van der Waals surface area contributed by atoms with Gasteiger partial charge in [0.1, 0.15) is 0 Å². The Morgan fingerprint density at radius 3 is 1.82 bits per heavy atom. The normalized spacial score (nSPS) is 10.9. The van der Waals surface area contributed by atoms with E-state index in [1.165, 1.54) is 19.3 Å². The number of rotatable bonds is 10. The van der Waals surface area contributed by atoms with E-state index in [0.29, 0.717) is 18.8 Å². The van der Waals surface area contributed by atoms with E-state index in [0.717, 1.165) is 42.4 Å². The lowest BCUT2D eigenvalue weighted by molar-refractivity contribution is 0.279. The average molecular weight is 308 g/mol. The van der Waals surface area contributed by atoms with Gasteiger partial charge >= 0.3 is 0 Å². The Labute approximate surface area is 135 Å². The smallest absolute Gasteiger partial charge is 0.201 e. The molecule has 22 heavy (non-hydrogen) atoms. The van der Waals surface area contributed by atoms with Gasteiger partial charge in [0.2, 0.25) is 5.75 Å². The summed E-state index contributed by atoms with van der Waals surface area (Å²) in [5.41, 5.74) is 3.02. The third-order valence-corrected chi connectivity index (χ3v) is 4.28. The van der Waals surface area contributed by atoms with Crippen LogP contribution in [-0.4, -0.2) is 16.8 Å². The van der Waals surface area contributed by atoms with E-state index in [4.69, 9.17) is 4.74 Å². The summed E-state index contributed by atoms with van der Waals surface area (Å²) in [6.07, 6.45) is 8.21. The van der Waals surface area contributed by atoms with Crippen LogP contribution in [0, 0.1) is 0 Å². The molecule has 3 heteroatoms. The summed E-state index contributed by atoms with van der Waals surface area (Å²) in [5, 5.41) is 20.6. The molecule has 0 aromatic heterocycles. The van der Waals surface area contributed by atoms with Crippen LogP contribution in [-0.2, 0) is 19.3 Å². The minimum atomic E-state index is -0.0838. The number of hydrogen-bond donors (Lipinski definition) is 2. The number of phenolic OH excluding ortho intramolecular Hbond substituents is 2. The zero-order valence-electron chi connectivity index (χ0n) is 14.7. The summed E-state index contributed by atoms with van der Waals surface area (Å²) in [5.74, 6) is 0.404. The van der Waals surface area contributed by atoms with Crippen LogP contribution >= 0.6 is 0 Å². The van der Waals surface area contributed by atoms with Gasteiger partial charge in [0, 0.05) is 11.1 Å². The molecule has 0 fully saturated rings. The van der Waals surface area contributed by atoms with E-state index in [1.54, 1.807) is 0 Å². The van der Waals surface area contributed by atoms with Crippen molar-refractivity contribution in [3.8, 4) is 17.2 Å². The van der Waals surface area contributed by atoms with Gasteiger partial charge in [-0.1, -0.05) is 53.4 Å². The van der Waals surface area contributed by atoms with Crippen LogP contribution in [0.2, 0.25) is 0 Å². The Morgan fingerprint density at radius 1 is 0.682 bits per heavy atom. The van der Waals surface area contributed by atoms with E-state index < -0.39 is 0 Å². The molecule has 0 aliphatic carbocycles. The third-order valence-electron chi connectivity index (χ3n) is 4.28. The molecule has 1 aromatic rings.